The van der Waals surface area contributed by atoms with Crippen molar-refractivity contribution in [2.24, 2.45) is 0 Å². The highest BCUT2D eigenvalue weighted by Crippen LogP contribution is 2.19. The topological polar surface area (TPSA) is 102 Å². The number of likely N-dealkylation sites (tertiary alicyclic amines) is 1. The normalized spacial score (nSPS) is 14.9. The second-order valence-electron chi connectivity index (χ2n) is 8.89. The lowest BCUT2D eigenvalue weighted by Gasteiger charge is -2.22. The van der Waals surface area contributed by atoms with Crippen molar-refractivity contribution in [2.45, 2.75) is 31.7 Å². The second-order valence-corrected chi connectivity index (χ2v) is 8.89. The Balaban J connectivity index is 1.45. The molecule has 0 spiro atoms. The molecule has 0 radical (unpaired) electrons. The molecular weight excluding hydrogens is 473 g/mol. The number of aromatic nitrogens is 2. The first-order valence-corrected chi connectivity index (χ1v) is 12.3. The number of nitrogens with zero attached hydrogens (tertiary/aromatic N) is 4. The molecule has 1 saturated heterocycles. The van der Waals surface area contributed by atoms with Crippen LogP contribution in [-0.2, 0) is 9.59 Å². The van der Waals surface area contributed by atoms with Crippen LogP contribution in [-0.4, -0.2) is 78.4 Å². The Kier molecular flexibility index (Phi) is 10.4. The summed E-state index contributed by atoms with van der Waals surface area (Å²) in [4.78, 5) is 37.4. The van der Waals surface area contributed by atoms with Crippen molar-refractivity contribution in [1.29, 1.82) is 0 Å². The molecule has 0 unspecified atom stereocenters. The Hall–Kier alpha value is -3.97. The highest BCUT2D eigenvalue weighted by atomic mass is 19.1. The van der Waals surface area contributed by atoms with Crippen molar-refractivity contribution in [1.82, 2.24) is 25.1 Å². The first-order chi connectivity index (χ1) is 17.9. The lowest BCUT2D eigenvalue weighted by Crippen LogP contribution is -2.45. The zero-order valence-corrected chi connectivity index (χ0v) is 21.6. The summed E-state index contributed by atoms with van der Waals surface area (Å²) in [5.41, 5.74) is 1.33. The van der Waals surface area contributed by atoms with Gasteiger partial charge in [-0.15, -0.1) is 0 Å². The van der Waals surface area contributed by atoms with Gasteiger partial charge in [0.25, 0.3) is 0 Å². The summed E-state index contributed by atoms with van der Waals surface area (Å²) in [6, 6.07) is 5.52. The molecule has 1 aliphatic rings. The second kappa shape index (κ2) is 13.9. The number of halogens is 1. The number of benzene rings is 1. The Labute approximate surface area is 217 Å². The quantitative estimate of drug-likeness (QED) is 0.258. The lowest BCUT2D eigenvalue weighted by atomic mass is 10.2. The van der Waals surface area contributed by atoms with E-state index in [1.807, 2.05) is 25.1 Å². The molecule has 196 valence electrons. The molecule has 1 atom stereocenters. The van der Waals surface area contributed by atoms with Gasteiger partial charge in [0, 0.05) is 44.9 Å². The van der Waals surface area contributed by atoms with Crippen LogP contribution in [0.2, 0.25) is 0 Å². The van der Waals surface area contributed by atoms with Crippen molar-refractivity contribution >= 4 is 29.3 Å². The minimum Gasteiger partial charge on any atom is -0.372 e. The van der Waals surface area contributed by atoms with Gasteiger partial charge in [0.05, 0.1) is 11.8 Å². The van der Waals surface area contributed by atoms with Crippen LogP contribution in [0.4, 0.5) is 21.8 Å². The Morgan fingerprint density at radius 3 is 2.78 bits per heavy atom. The maximum atomic E-state index is 13.1. The van der Waals surface area contributed by atoms with Crippen LogP contribution in [0, 0.1) is 17.7 Å². The summed E-state index contributed by atoms with van der Waals surface area (Å²) in [6.07, 6.45) is 7.76. The van der Waals surface area contributed by atoms with E-state index in [2.05, 4.69) is 37.8 Å². The summed E-state index contributed by atoms with van der Waals surface area (Å²) in [5, 5.41) is 8.98. The van der Waals surface area contributed by atoms with Gasteiger partial charge in [-0.05, 0) is 57.6 Å². The van der Waals surface area contributed by atoms with E-state index in [0.717, 1.165) is 6.42 Å². The molecule has 0 bridgehead atoms. The molecule has 1 fully saturated rings. The van der Waals surface area contributed by atoms with E-state index in [1.165, 1.54) is 12.1 Å². The summed E-state index contributed by atoms with van der Waals surface area (Å²) in [7, 11) is 5.62. The number of likely N-dealkylation sites (N-methyl/N-ethyl adjacent to an activating group) is 1. The van der Waals surface area contributed by atoms with Crippen LogP contribution in [0.5, 0.6) is 0 Å². The van der Waals surface area contributed by atoms with E-state index in [-0.39, 0.29) is 17.6 Å². The van der Waals surface area contributed by atoms with Crippen molar-refractivity contribution in [3.63, 3.8) is 0 Å². The number of amides is 2. The molecule has 9 nitrogen and oxygen atoms in total. The van der Waals surface area contributed by atoms with Crippen molar-refractivity contribution in [3.8, 4) is 11.8 Å². The predicted octanol–water partition coefficient (Wildman–Crippen LogP) is 2.76. The van der Waals surface area contributed by atoms with Gasteiger partial charge in [-0.1, -0.05) is 17.9 Å². The van der Waals surface area contributed by atoms with Crippen LogP contribution < -0.4 is 16.0 Å². The number of carbonyl (C=O) groups excluding carboxylic acids is 2. The van der Waals surface area contributed by atoms with E-state index in [0.29, 0.717) is 61.9 Å². The molecule has 0 saturated carbocycles. The largest absolute Gasteiger partial charge is 0.372 e. The molecule has 3 N–H and O–H groups in total. The van der Waals surface area contributed by atoms with Crippen molar-refractivity contribution in [3.05, 3.63) is 54.0 Å². The van der Waals surface area contributed by atoms with Gasteiger partial charge in [-0.3, -0.25) is 9.59 Å². The highest BCUT2D eigenvalue weighted by Gasteiger charge is 2.32. The zero-order chi connectivity index (χ0) is 26.6. The maximum absolute atomic E-state index is 13.1. The smallest absolute Gasteiger partial charge is 0.246 e. The minimum atomic E-state index is -0.417. The monoisotopic (exact) mass is 507 g/mol. The lowest BCUT2D eigenvalue weighted by molar-refractivity contribution is -0.135. The molecule has 1 aromatic heterocycles. The van der Waals surface area contributed by atoms with E-state index in [9.17, 15) is 14.0 Å². The standard InChI is InChI=1S/C27H34FN7O2/c1-29-25-20(19-31-27(33-25)32-22-14-12-21(28)13-15-22)9-5-4-6-16-30-26(37)23-10-7-18-35(23)24(36)11-8-17-34(2)3/h8,11-15,19,23H,4,6-7,10,16-18H2,1-3H3,(H,30,37)(H2,29,31,32,33)/b11-8+/t23-/m0/s1. The van der Waals surface area contributed by atoms with Gasteiger partial charge in [0.15, 0.2) is 0 Å². The van der Waals surface area contributed by atoms with Gasteiger partial charge in [-0.25, -0.2) is 9.37 Å². The Morgan fingerprint density at radius 2 is 2.05 bits per heavy atom. The third-order valence-electron chi connectivity index (χ3n) is 5.70. The minimum absolute atomic E-state index is 0.116. The molecule has 3 rings (SSSR count). The number of anilines is 3. The molecule has 1 aromatic carbocycles. The number of rotatable bonds is 10. The molecule has 0 aliphatic carbocycles. The average Bonchev–Trinajstić information content (AvgIpc) is 3.38. The molecule has 10 heteroatoms. The average molecular weight is 508 g/mol. The van der Waals surface area contributed by atoms with Crippen LogP contribution in [0.25, 0.3) is 0 Å². The summed E-state index contributed by atoms with van der Waals surface area (Å²) in [6.45, 7) is 1.76. The SMILES string of the molecule is CNc1nc(Nc2ccc(F)cc2)ncc1C#CCCCNC(=O)[C@@H]1CCCN1C(=O)/C=C/CN(C)C. The molecule has 1 aliphatic heterocycles. The predicted molar refractivity (Wildman–Crippen MR) is 143 cm³/mol. The molecule has 37 heavy (non-hydrogen) atoms. The molecule has 2 heterocycles. The zero-order valence-electron chi connectivity index (χ0n) is 21.6. The maximum Gasteiger partial charge on any atom is 0.246 e. The summed E-state index contributed by atoms with van der Waals surface area (Å²) >= 11 is 0. The third-order valence-corrected chi connectivity index (χ3v) is 5.70. The fraction of sp³-hybridized carbons (Fsp3) is 0.407. The van der Waals surface area contributed by atoms with Gasteiger partial charge in [-0.2, -0.15) is 4.98 Å². The number of unbranched alkanes of at least 4 members (excludes halogenated alkanes) is 1. The van der Waals surface area contributed by atoms with Gasteiger partial charge in [0.1, 0.15) is 17.7 Å². The van der Waals surface area contributed by atoms with E-state index < -0.39 is 6.04 Å². The first-order valence-electron chi connectivity index (χ1n) is 12.3. The Morgan fingerprint density at radius 1 is 1.27 bits per heavy atom. The fourth-order valence-electron chi connectivity index (χ4n) is 3.81. The van der Waals surface area contributed by atoms with Crippen LogP contribution in [0.3, 0.4) is 0 Å². The fourth-order valence-corrected chi connectivity index (χ4v) is 3.81. The Bertz CT molecular complexity index is 1160. The molecular formula is C27H34FN7O2. The van der Waals surface area contributed by atoms with Gasteiger partial charge >= 0.3 is 0 Å². The number of hydrogen-bond donors (Lipinski definition) is 3. The van der Waals surface area contributed by atoms with Gasteiger partial charge in [0.2, 0.25) is 17.8 Å². The first kappa shape index (κ1) is 27.6. The van der Waals surface area contributed by atoms with Crippen LogP contribution in [0.1, 0.15) is 31.2 Å². The highest BCUT2D eigenvalue weighted by molar-refractivity contribution is 5.93. The summed E-state index contributed by atoms with van der Waals surface area (Å²) < 4.78 is 13.1. The summed E-state index contributed by atoms with van der Waals surface area (Å²) in [5.74, 6) is 6.56. The third kappa shape index (κ3) is 8.58. The number of carbonyl (C=O) groups is 2. The molecule has 2 aromatic rings. The van der Waals surface area contributed by atoms with Crippen molar-refractivity contribution in [2.75, 3.05) is 51.4 Å². The molecule has 2 amide bonds. The number of nitrogens with one attached hydrogen (secondary N) is 3. The van der Waals surface area contributed by atoms with Crippen LogP contribution in [0.15, 0.2) is 42.6 Å². The van der Waals surface area contributed by atoms with Crippen LogP contribution >= 0.6 is 0 Å². The van der Waals surface area contributed by atoms with E-state index >= 15 is 0 Å². The van der Waals surface area contributed by atoms with Gasteiger partial charge < -0.3 is 25.8 Å². The number of hydrogen-bond acceptors (Lipinski definition) is 7. The van der Waals surface area contributed by atoms with E-state index in [4.69, 9.17) is 0 Å². The van der Waals surface area contributed by atoms with Crippen molar-refractivity contribution < 1.29 is 14.0 Å². The van der Waals surface area contributed by atoms with E-state index in [1.54, 1.807) is 36.4 Å².